The number of hydrogen-bond acceptors (Lipinski definition) is 3. The van der Waals surface area contributed by atoms with Gasteiger partial charge in [-0.05, 0) is 37.7 Å². The molecule has 23 heavy (non-hydrogen) atoms. The van der Waals surface area contributed by atoms with Crippen molar-refractivity contribution in [1.29, 1.82) is 0 Å². The maximum Gasteiger partial charge on any atom is 0.234 e. The Labute approximate surface area is 140 Å². The molecule has 0 aliphatic rings. The molecule has 0 radical (unpaired) electrons. The predicted octanol–water partition coefficient (Wildman–Crippen LogP) is 5.42. The molecular weight excluding hydrogens is 304 g/mol. The smallest absolute Gasteiger partial charge is 0.234 e. The van der Waals surface area contributed by atoms with Gasteiger partial charge in [0.2, 0.25) is 8.32 Å². The van der Waals surface area contributed by atoms with Crippen LogP contribution in [0.1, 0.15) is 30.9 Å². The molecule has 0 aliphatic heterocycles. The molecule has 0 fully saturated rings. The topological polar surface area (TPSA) is 27.7 Å². The van der Waals surface area contributed by atoms with Crippen molar-refractivity contribution in [2.24, 2.45) is 0 Å². The fraction of sp³-hybridized carbons (Fsp3) is 0.368. The molecule has 0 aromatic heterocycles. The number of benzene rings is 2. The van der Waals surface area contributed by atoms with E-state index in [1.54, 1.807) is 0 Å². The van der Waals surface area contributed by atoms with Crippen molar-refractivity contribution in [1.82, 2.24) is 0 Å². The Morgan fingerprint density at radius 2 is 1.39 bits per heavy atom. The minimum Gasteiger partial charge on any atom is -0.257 e. The van der Waals surface area contributed by atoms with Crippen molar-refractivity contribution in [3.63, 3.8) is 0 Å². The van der Waals surface area contributed by atoms with Crippen molar-refractivity contribution < 1.29 is 14.5 Å². The van der Waals surface area contributed by atoms with E-state index < -0.39 is 13.9 Å². The molecule has 124 valence electrons. The second-order valence-electron chi connectivity index (χ2n) is 6.95. The van der Waals surface area contributed by atoms with E-state index >= 15 is 0 Å². The van der Waals surface area contributed by atoms with Gasteiger partial charge in [-0.25, -0.2) is 0 Å². The SMILES string of the molecule is CC(c1ccccc1)C(C)(OOO[Si](C)(C)C)c1ccccc1. The zero-order valence-corrected chi connectivity index (χ0v) is 15.6. The average Bonchev–Trinajstić information content (AvgIpc) is 2.54. The van der Waals surface area contributed by atoms with Crippen molar-refractivity contribution in [2.45, 2.75) is 45.0 Å². The van der Waals surface area contributed by atoms with Gasteiger partial charge < -0.3 is 0 Å². The Kier molecular flexibility index (Phi) is 5.76. The van der Waals surface area contributed by atoms with Crippen LogP contribution >= 0.6 is 0 Å². The van der Waals surface area contributed by atoms with E-state index in [1.165, 1.54) is 5.56 Å². The third-order valence-corrected chi connectivity index (χ3v) is 4.53. The van der Waals surface area contributed by atoms with Gasteiger partial charge in [0.25, 0.3) is 0 Å². The molecule has 2 aromatic rings. The molecule has 4 heteroatoms. The summed E-state index contributed by atoms with van der Waals surface area (Å²) in [7, 11) is -1.82. The molecule has 2 rings (SSSR count). The Hall–Kier alpha value is -1.46. The summed E-state index contributed by atoms with van der Waals surface area (Å²) < 4.78 is 5.45. The summed E-state index contributed by atoms with van der Waals surface area (Å²) in [4.78, 5) is 5.82. The van der Waals surface area contributed by atoms with Crippen LogP contribution in [0.3, 0.4) is 0 Å². The molecule has 0 saturated heterocycles. The fourth-order valence-corrected chi connectivity index (χ4v) is 2.63. The highest BCUT2D eigenvalue weighted by Gasteiger charge is 2.37. The van der Waals surface area contributed by atoms with Gasteiger partial charge in [0.1, 0.15) is 5.60 Å². The molecule has 0 N–H and O–H groups in total. The summed E-state index contributed by atoms with van der Waals surface area (Å²) >= 11 is 0. The van der Waals surface area contributed by atoms with Gasteiger partial charge in [-0.15, -0.1) is 0 Å². The normalized spacial score (nSPS) is 15.9. The lowest BCUT2D eigenvalue weighted by Gasteiger charge is -2.35. The lowest BCUT2D eigenvalue weighted by Crippen LogP contribution is -2.35. The van der Waals surface area contributed by atoms with E-state index in [9.17, 15) is 0 Å². The summed E-state index contributed by atoms with van der Waals surface area (Å²) in [6.07, 6.45) is 0. The lowest BCUT2D eigenvalue weighted by molar-refractivity contribution is -0.514. The van der Waals surface area contributed by atoms with Crippen molar-refractivity contribution in [3.05, 3.63) is 71.8 Å². The highest BCUT2D eigenvalue weighted by atomic mass is 28.4. The van der Waals surface area contributed by atoms with Crippen LogP contribution in [0, 0.1) is 0 Å². The van der Waals surface area contributed by atoms with E-state index in [0.717, 1.165) is 5.56 Å². The van der Waals surface area contributed by atoms with E-state index in [1.807, 2.05) is 43.3 Å². The Morgan fingerprint density at radius 1 is 0.870 bits per heavy atom. The van der Waals surface area contributed by atoms with Crippen LogP contribution < -0.4 is 0 Å². The average molecular weight is 330 g/mol. The van der Waals surface area contributed by atoms with Crippen LogP contribution in [0.2, 0.25) is 19.6 Å². The highest BCUT2D eigenvalue weighted by molar-refractivity contribution is 6.69. The first-order chi connectivity index (χ1) is 10.8. The molecule has 0 bridgehead atoms. The quantitative estimate of drug-likeness (QED) is 0.385. The fourth-order valence-electron chi connectivity index (χ4n) is 2.39. The summed E-state index contributed by atoms with van der Waals surface area (Å²) in [5.74, 6) is 0.0938. The predicted molar refractivity (Wildman–Crippen MR) is 95.3 cm³/mol. The minimum atomic E-state index is -1.82. The first-order valence-corrected chi connectivity index (χ1v) is 11.4. The molecule has 0 amide bonds. The van der Waals surface area contributed by atoms with Crippen LogP contribution in [0.4, 0.5) is 0 Å². The van der Waals surface area contributed by atoms with Crippen LogP contribution in [-0.2, 0) is 20.1 Å². The Morgan fingerprint density at radius 3 is 1.91 bits per heavy atom. The third kappa shape index (κ3) is 4.75. The van der Waals surface area contributed by atoms with Gasteiger partial charge in [-0.3, -0.25) is 4.58 Å². The monoisotopic (exact) mass is 330 g/mol. The molecular formula is C19H26O3Si. The van der Waals surface area contributed by atoms with E-state index in [-0.39, 0.29) is 5.92 Å². The van der Waals surface area contributed by atoms with Crippen LogP contribution in [-0.4, -0.2) is 8.32 Å². The van der Waals surface area contributed by atoms with Gasteiger partial charge in [-0.2, -0.15) is 4.89 Å². The van der Waals surface area contributed by atoms with Crippen LogP contribution in [0.15, 0.2) is 60.7 Å². The maximum absolute atomic E-state index is 5.82. The second-order valence-corrected chi connectivity index (χ2v) is 11.3. The van der Waals surface area contributed by atoms with Crippen molar-refractivity contribution >= 4 is 8.32 Å². The Balaban J connectivity index is 2.28. The minimum absolute atomic E-state index is 0.0938. The van der Waals surface area contributed by atoms with Gasteiger partial charge in [0, 0.05) is 5.92 Å². The summed E-state index contributed by atoms with van der Waals surface area (Å²) in [6, 6.07) is 20.4. The highest BCUT2D eigenvalue weighted by Crippen LogP contribution is 2.40. The first kappa shape index (κ1) is 17.9. The summed E-state index contributed by atoms with van der Waals surface area (Å²) in [5.41, 5.74) is 1.59. The largest absolute Gasteiger partial charge is 0.257 e. The zero-order chi connectivity index (χ0) is 16.9. The molecule has 0 aliphatic carbocycles. The second kappa shape index (κ2) is 7.40. The van der Waals surface area contributed by atoms with E-state index in [4.69, 9.17) is 14.5 Å². The van der Waals surface area contributed by atoms with Gasteiger partial charge >= 0.3 is 0 Å². The van der Waals surface area contributed by atoms with Crippen molar-refractivity contribution in [2.75, 3.05) is 0 Å². The first-order valence-electron chi connectivity index (χ1n) is 7.97. The molecule has 2 aromatic carbocycles. The van der Waals surface area contributed by atoms with E-state index in [2.05, 4.69) is 50.8 Å². The van der Waals surface area contributed by atoms with Gasteiger partial charge in [0.05, 0.1) is 0 Å². The lowest BCUT2D eigenvalue weighted by atomic mass is 9.80. The molecule has 2 atom stereocenters. The maximum atomic E-state index is 5.82. The summed E-state index contributed by atoms with van der Waals surface area (Å²) in [6.45, 7) is 10.3. The zero-order valence-electron chi connectivity index (χ0n) is 14.6. The molecule has 0 spiro atoms. The molecule has 2 unspecified atom stereocenters. The van der Waals surface area contributed by atoms with Crippen LogP contribution in [0.25, 0.3) is 0 Å². The molecule has 0 heterocycles. The number of hydrogen-bond donors (Lipinski definition) is 0. The van der Waals surface area contributed by atoms with E-state index in [0.29, 0.717) is 0 Å². The van der Waals surface area contributed by atoms with Gasteiger partial charge in [-0.1, -0.05) is 72.6 Å². The number of rotatable bonds is 7. The van der Waals surface area contributed by atoms with Gasteiger partial charge in [0.15, 0.2) is 0 Å². The summed E-state index contributed by atoms with van der Waals surface area (Å²) in [5, 5.41) is 5.22. The van der Waals surface area contributed by atoms with Crippen LogP contribution in [0.5, 0.6) is 0 Å². The molecule has 0 saturated carbocycles. The third-order valence-electron chi connectivity index (χ3n) is 3.96. The standard InChI is InChI=1S/C19H26O3Si/c1-16(17-12-8-6-9-13-17)19(2,18-14-10-7-11-15-18)20-21-22-23(3,4)5/h6-16H,1-5H3. The Bertz CT molecular complexity index is 595. The van der Waals surface area contributed by atoms with Crippen molar-refractivity contribution in [3.8, 4) is 0 Å². The molecule has 3 nitrogen and oxygen atoms in total.